The van der Waals surface area contributed by atoms with E-state index in [-0.39, 0.29) is 5.54 Å². The Morgan fingerprint density at radius 3 is 2.10 bits per heavy atom. The monoisotopic (exact) mass is 282 g/mol. The minimum atomic E-state index is 0.247. The van der Waals surface area contributed by atoms with Gasteiger partial charge in [-0.25, -0.2) is 0 Å². The van der Waals surface area contributed by atoms with E-state index in [1.807, 2.05) is 0 Å². The van der Waals surface area contributed by atoms with E-state index in [9.17, 15) is 0 Å². The van der Waals surface area contributed by atoms with Crippen LogP contribution in [0.2, 0.25) is 5.31 Å². The van der Waals surface area contributed by atoms with Crippen molar-refractivity contribution < 1.29 is 0 Å². The first kappa shape index (κ1) is 20.0. The summed E-state index contributed by atoms with van der Waals surface area (Å²) in [7, 11) is 2.32. The maximum atomic E-state index is 3.68. The Balaban J connectivity index is 3.74. The zero-order valence-electron chi connectivity index (χ0n) is 15.4. The van der Waals surface area contributed by atoms with E-state index in [1.54, 1.807) is 0 Å². The lowest BCUT2D eigenvalue weighted by Crippen LogP contribution is -2.43. The Morgan fingerprint density at radius 2 is 1.60 bits per heavy atom. The molecule has 0 aliphatic carbocycles. The van der Waals surface area contributed by atoms with Crippen molar-refractivity contribution in [2.45, 2.75) is 78.6 Å². The highest BCUT2D eigenvalue weighted by molar-refractivity contribution is 6.14. The SMILES string of the molecule is BC(C)(C)CCCNCC(C)CC(C)(C)NCC(C)C. The van der Waals surface area contributed by atoms with E-state index in [4.69, 9.17) is 0 Å². The Hall–Kier alpha value is -0.0151. The smallest absolute Gasteiger partial charge is 0.108 e. The number of rotatable bonds is 11. The molecule has 0 aromatic carbocycles. The summed E-state index contributed by atoms with van der Waals surface area (Å²) in [5.74, 6) is 1.44. The summed E-state index contributed by atoms with van der Waals surface area (Å²) in [6.07, 6.45) is 3.81. The molecule has 1 atom stereocenters. The predicted octanol–water partition coefficient (Wildman–Crippen LogP) is 3.24. The molecule has 3 heteroatoms. The summed E-state index contributed by atoms with van der Waals surface area (Å²) >= 11 is 0. The Labute approximate surface area is 129 Å². The fourth-order valence-electron chi connectivity index (χ4n) is 2.59. The Bertz CT molecular complexity index is 244. The van der Waals surface area contributed by atoms with Crippen LogP contribution in [-0.4, -0.2) is 33.0 Å². The number of hydrogen-bond acceptors (Lipinski definition) is 2. The maximum Gasteiger partial charge on any atom is 0.108 e. The fraction of sp³-hybridized carbons (Fsp3) is 1.00. The molecule has 0 radical (unpaired) electrons. The molecule has 0 aliphatic heterocycles. The Morgan fingerprint density at radius 1 is 1.00 bits per heavy atom. The van der Waals surface area contributed by atoms with Gasteiger partial charge in [-0.3, -0.25) is 0 Å². The molecule has 0 aromatic heterocycles. The van der Waals surface area contributed by atoms with Crippen molar-refractivity contribution in [1.82, 2.24) is 10.6 Å². The van der Waals surface area contributed by atoms with E-state index in [1.165, 1.54) is 19.3 Å². The van der Waals surface area contributed by atoms with Crippen molar-refractivity contribution in [3.05, 3.63) is 0 Å². The van der Waals surface area contributed by atoms with E-state index < -0.39 is 0 Å². The highest BCUT2D eigenvalue weighted by Crippen LogP contribution is 2.24. The van der Waals surface area contributed by atoms with Crippen molar-refractivity contribution >= 4 is 7.85 Å². The number of hydrogen-bond donors (Lipinski definition) is 2. The van der Waals surface area contributed by atoms with Crippen LogP contribution < -0.4 is 10.6 Å². The van der Waals surface area contributed by atoms with Gasteiger partial charge in [-0.05, 0) is 58.2 Å². The quantitative estimate of drug-likeness (QED) is 0.449. The second-order valence-corrected chi connectivity index (χ2v) is 8.84. The van der Waals surface area contributed by atoms with Crippen LogP contribution in [0.1, 0.15) is 67.7 Å². The molecule has 0 saturated carbocycles. The van der Waals surface area contributed by atoms with Gasteiger partial charge in [-0.1, -0.05) is 46.4 Å². The molecule has 0 saturated heterocycles. The third-order valence-electron chi connectivity index (χ3n) is 3.62. The third-order valence-corrected chi connectivity index (χ3v) is 3.62. The first-order chi connectivity index (χ1) is 9.02. The van der Waals surface area contributed by atoms with E-state index in [0.717, 1.165) is 31.5 Å². The Kier molecular flexibility index (Phi) is 9.09. The summed E-state index contributed by atoms with van der Waals surface area (Å²) in [6, 6.07) is 0. The zero-order valence-corrected chi connectivity index (χ0v) is 15.4. The van der Waals surface area contributed by atoms with Crippen LogP contribution in [0.15, 0.2) is 0 Å². The summed E-state index contributed by atoms with van der Waals surface area (Å²) in [5, 5.41) is 7.77. The van der Waals surface area contributed by atoms with Gasteiger partial charge >= 0.3 is 0 Å². The molecule has 0 amide bonds. The van der Waals surface area contributed by atoms with Crippen LogP contribution in [0.3, 0.4) is 0 Å². The van der Waals surface area contributed by atoms with Gasteiger partial charge in [-0.2, -0.15) is 0 Å². The fourth-order valence-corrected chi connectivity index (χ4v) is 2.59. The molecule has 0 aliphatic rings. The molecule has 0 spiro atoms. The van der Waals surface area contributed by atoms with Crippen molar-refractivity contribution in [3.8, 4) is 0 Å². The summed E-state index contributed by atoms with van der Waals surface area (Å²) in [6.45, 7) is 19.6. The highest BCUT2D eigenvalue weighted by atomic mass is 15.0. The van der Waals surface area contributed by atoms with Crippen LogP contribution in [0.5, 0.6) is 0 Å². The molecule has 1 unspecified atom stereocenters. The molecule has 0 rings (SSSR count). The van der Waals surface area contributed by atoms with Crippen LogP contribution in [0.25, 0.3) is 0 Å². The van der Waals surface area contributed by atoms with E-state index in [0.29, 0.717) is 5.31 Å². The zero-order chi connectivity index (χ0) is 15.8. The van der Waals surface area contributed by atoms with Crippen molar-refractivity contribution in [3.63, 3.8) is 0 Å². The minimum Gasteiger partial charge on any atom is -0.316 e. The second kappa shape index (κ2) is 9.09. The van der Waals surface area contributed by atoms with Crippen LogP contribution in [-0.2, 0) is 0 Å². The van der Waals surface area contributed by atoms with Crippen LogP contribution in [0.4, 0.5) is 0 Å². The maximum absolute atomic E-state index is 3.68. The lowest BCUT2D eigenvalue weighted by atomic mass is 9.69. The molecule has 120 valence electrons. The largest absolute Gasteiger partial charge is 0.316 e. The third kappa shape index (κ3) is 13.0. The predicted molar refractivity (Wildman–Crippen MR) is 95.4 cm³/mol. The molecule has 20 heavy (non-hydrogen) atoms. The molecule has 2 nitrogen and oxygen atoms in total. The molecular weight excluding hydrogens is 243 g/mol. The van der Waals surface area contributed by atoms with Crippen LogP contribution in [0, 0.1) is 11.8 Å². The number of nitrogens with one attached hydrogen (secondary N) is 2. The highest BCUT2D eigenvalue weighted by Gasteiger charge is 2.20. The minimum absolute atomic E-state index is 0.247. The topological polar surface area (TPSA) is 24.1 Å². The molecule has 2 N–H and O–H groups in total. The van der Waals surface area contributed by atoms with Gasteiger partial charge in [0.15, 0.2) is 0 Å². The van der Waals surface area contributed by atoms with Gasteiger partial charge in [0.2, 0.25) is 0 Å². The van der Waals surface area contributed by atoms with Gasteiger partial charge in [0.1, 0.15) is 7.85 Å². The van der Waals surface area contributed by atoms with Crippen molar-refractivity contribution in [1.29, 1.82) is 0 Å². The van der Waals surface area contributed by atoms with E-state index in [2.05, 4.69) is 66.9 Å². The lowest BCUT2D eigenvalue weighted by molar-refractivity contribution is 0.289. The first-order valence-electron chi connectivity index (χ1n) is 8.47. The standard InChI is InChI=1S/C17H39BN2/c1-14(2)12-20-17(6,7)11-15(3)13-19-10-8-9-16(4,5)18/h14-15,19-20H,8-13,18H2,1-7H3. The van der Waals surface area contributed by atoms with Gasteiger partial charge in [0.25, 0.3) is 0 Å². The summed E-state index contributed by atoms with van der Waals surface area (Å²) in [5.41, 5.74) is 0.247. The summed E-state index contributed by atoms with van der Waals surface area (Å²) in [4.78, 5) is 0. The molecule has 0 aromatic rings. The van der Waals surface area contributed by atoms with E-state index >= 15 is 0 Å². The van der Waals surface area contributed by atoms with Gasteiger partial charge in [0.05, 0.1) is 0 Å². The molecule has 0 heterocycles. The lowest BCUT2D eigenvalue weighted by Gasteiger charge is -2.30. The molecular formula is C17H39BN2. The average Bonchev–Trinajstić information content (AvgIpc) is 2.24. The summed E-state index contributed by atoms with van der Waals surface area (Å²) < 4.78 is 0. The average molecular weight is 282 g/mol. The van der Waals surface area contributed by atoms with Crippen molar-refractivity contribution in [2.24, 2.45) is 11.8 Å². The van der Waals surface area contributed by atoms with Gasteiger partial charge in [-0.15, -0.1) is 0 Å². The first-order valence-corrected chi connectivity index (χ1v) is 8.47. The van der Waals surface area contributed by atoms with Crippen molar-refractivity contribution in [2.75, 3.05) is 19.6 Å². The van der Waals surface area contributed by atoms with Gasteiger partial charge < -0.3 is 10.6 Å². The van der Waals surface area contributed by atoms with Crippen LogP contribution >= 0.6 is 0 Å². The molecule has 0 bridgehead atoms. The van der Waals surface area contributed by atoms with Gasteiger partial charge in [0, 0.05) is 5.54 Å². The second-order valence-electron chi connectivity index (χ2n) is 8.84. The molecule has 0 fully saturated rings. The normalized spacial score (nSPS) is 14.8.